The second-order valence-corrected chi connectivity index (χ2v) is 7.18. The third kappa shape index (κ3) is 2.22. The van der Waals surface area contributed by atoms with Gasteiger partial charge in [0.25, 0.3) is 0 Å². The van der Waals surface area contributed by atoms with Gasteiger partial charge in [0.2, 0.25) is 0 Å². The molecule has 0 bridgehead atoms. The minimum atomic E-state index is 0.414. The first-order valence-electron chi connectivity index (χ1n) is 7.40. The summed E-state index contributed by atoms with van der Waals surface area (Å²) < 4.78 is 1.99. The van der Waals surface area contributed by atoms with Gasteiger partial charge in [0.15, 0.2) is 12.1 Å². The maximum absolute atomic E-state index is 11.7. The molecular weight excluding hydrogens is 344 g/mol. The molecule has 24 heavy (non-hydrogen) atoms. The number of fused-ring (bicyclic) bond motifs is 3. The zero-order valence-electron chi connectivity index (χ0n) is 13.1. The van der Waals surface area contributed by atoms with Gasteiger partial charge in [-0.25, -0.2) is 0 Å². The van der Waals surface area contributed by atoms with Crippen molar-refractivity contribution < 1.29 is 4.79 Å². The van der Waals surface area contributed by atoms with Crippen molar-refractivity contribution in [2.75, 3.05) is 0 Å². The predicted molar refractivity (Wildman–Crippen MR) is 94.9 cm³/mol. The molecule has 120 valence electrons. The van der Waals surface area contributed by atoms with E-state index in [1.54, 1.807) is 11.3 Å². The maximum atomic E-state index is 11.7. The van der Waals surface area contributed by atoms with Crippen molar-refractivity contribution >= 4 is 34.9 Å². The SMILES string of the molecule is Cc1sc2c(c1C=O)C(c1ccc(Cl)cc1)=NCc1nnc(C)n1-2. The number of carbonyl (C=O) groups is 1. The van der Waals surface area contributed by atoms with Crippen molar-refractivity contribution in [1.82, 2.24) is 14.8 Å². The molecule has 1 aromatic carbocycles. The van der Waals surface area contributed by atoms with E-state index in [4.69, 9.17) is 16.6 Å². The van der Waals surface area contributed by atoms with Crippen molar-refractivity contribution in [3.05, 3.63) is 62.5 Å². The van der Waals surface area contributed by atoms with Crippen molar-refractivity contribution in [3.63, 3.8) is 0 Å². The Morgan fingerprint density at radius 3 is 2.67 bits per heavy atom. The van der Waals surface area contributed by atoms with Gasteiger partial charge in [-0.05, 0) is 26.0 Å². The Morgan fingerprint density at radius 1 is 1.21 bits per heavy atom. The predicted octanol–water partition coefficient (Wildman–Crippen LogP) is 3.76. The first-order valence-corrected chi connectivity index (χ1v) is 8.60. The molecule has 3 aromatic rings. The minimum Gasteiger partial charge on any atom is -0.298 e. The molecule has 0 saturated carbocycles. The second kappa shape index (κ2) is 5.65. The molecule has 5 nitrogen and oxygen atoms in total. The van der Waals surface area contributed by atoms with Gasteiger partial charge in [-0.15, -0.1) is 21.5 Å². The smallest absolute Gasteiger partial charge is 0.160 e. The summed E-state index contributed by atoms with van der Waals surface area (Å²) in [4.78, 5) is 17.4. The zero-order chi connectivity index (χ0) is 16.8. The molecule has 3 heterocycles. The van der Waals surface area contributed by atoms with Crippen LogP contribution in [0.4, 0.5) is 0 Å². The fraction of sp³-hybridized carbons (Fsp3) is 0.176. The van der Waals surface area contributed by atoms with Crippen LogP contribution in [0.25, 0.3) is 5.00 Å². The molecule has 0 saturated heterocycles. The van der Waals surface area contributed by atoms with E-state index in [1.165, 1.54) is 0 Å². The lowest BCUT2D eigenvalue weighted by atomic mass is 10.00. The van der Waals surface area contributed by atoms with Gasteiger partial charge < -0.3 is 0 Å². The molecule has 0 N–H and O–H groups in total. The third-order valence-corrected chi connectivity index (χ3v) is 5.42. The topological polar surface area (TPSA) is 60.1 Å². The van der Waals surface area contributed by atoms with Crippen LogP contribution in [-0.4, -0.2) is 26.8 Å². The van der Waals surface area contributed by atoms with Crippen molar-refractivity contribution in [3.8, 4) is 5.00 Å². The fourth-order valence-corrected chi connectivity index (χ4v) is 4.23. The van der Waals surface area contributed by atoms with Crippen molar-refractivity contribution in [1.29, 1.82) is 0 Å². The fourth-order valence-electron chi connectivity index (χ4n) is 2.92. The summed E-state index contributed by atoms with van der Waals surface area (Å²) in [5.41, 5.74) is 3.23. The number of aliphatic imine (C=N–C) groups is 1. The number of thiophene rings is 1. The number of hydrogen-bond acceptors (Lipinski definition) is 5. The summed E-state index contributed by atoms with van der Waals surface area (Å²) in [5, 5.41) is 9.99. The van der Waals surface area contributed by atoms with Crippen LogP contribution in [0.2, 0.25) is 5.02 Å². The minimum absolute atomic E-state index is 0.414. The molecule has 1 aliphatic heterocycles. The number of aromatic nitrogens is 3. The average Bonchev–Trinajstić information content (AvgIpc) is 3.04. The molecule has 0 spiro atoms. The van der Waals surface area contributed by atoms with Crippen molar-refractivity contribution in [2.45, 2.75) is 20.4 Å². The van der Waals surface area contributed by atoms with Crippen LogP contribution in [0.5, 0.6) is 0 Å². The van der Waals surface area contributed by atoms with Crippen LogP contribution in [0.3, 0.4) is 0 Å². The Labute approximate surface area is 147 Å². The second-order valence-electron chi connectivity index (χ2n) is 5.54. The van der Waals surface area contributed by atoms with Gasteiger partial charge in [0, 0.05) is 26.6 Å². The van der Waals surface area contributed by atoms with Gasteiger partial charge in [0.1, 0.15) is 17.4 Å². The number of rotatable bonds is 2. The molecule has 4 rings (SSSR count). The molecule has 0 radical (unpaired) electrons. The number of aryl methyl sites for hydroxylation is 2. The lowest BCUT2D eigenvalue weighted by Gasteiger charge is -2.08. The Balaban J connectivity index is 2.03. The lowest BCUT2D eigenvalue weighted by Crippen LogP contribution is -2.08. The Bertz CT molecular complexity index is 985. The van der Waals surface area contributed by atoms with E-state index >= 15 is 0 Å². The molecule has 0 aliphatic carbocycles. The number of nitrogens with zero attached hydrogens (tertiary/aromatic N) is 4. The van der Waals surface area contributed by atoms with E-state index in [0.29, 0.717) is 17.1 Å². The van der Waals surface area contributed by atoms with Gasteiger partial charge in [-0.1, -0.05) is 23.7 Å². The summed E-state index contributed by atoms with van der Waals surface area (Å²) in [6, 6.07) is 7.50. The van der Waals surface area contributed by atoms with E-state index in [9.17, 15) is 4.79 Å². The first-order chi connectivity index (χ1) is 11.6. The van der Waals surface area contributed by atoms with Crippen molar-refractivity contribution in [2.24, 2.45) is 4.99 Å². The molecule has 2 aromatic heterocycles. The highest BCUT2D eigenvalue weighted by Crippen LogP contribution is 2.35. The standard InChI is InChI=1S/C17H13ClN4OS/c1-9-13(8-23)15-16(11-3-5-12(18)6-4-11)19-7-14-21-20-10(2)22(14)17(15)24-9/h3-6,8H,7H2,1-2H3. The largest absolute Gasteiger partial charge is 0.298 e. The highest BCUT2D eigenvalue weighted by Gasteiger charge is 2.27. The average molecular weight is 357 g/mol. The van der Waals surface area contributed by atoms with Crippen LogP contribution < -0.4 is 0 Å². The van der Waals surface area contributed by atoms with Gasteiger partial charge in [-0.2, -0.15) is 0 Å². The molecule has 0 atom stereocenters. The number of aldehydes is 1. The highest BCUT2D eigenvalue weighted by molar-refractivity contribution is 7.15. The van der Waals surface area contributed by atoms with E-state index in [0.717, 1.165) is 44.7 Å². The Kier molecular flexibility index (Phi) is 3.58. The molecular formula is C17H13ClN4OS. The molecule has 0 fully saturated rings. The van der Waals surface area contributed by atoms with Gasteiger partial charge >= 0.3 is 0 Å². The van der Waals surface area contributed by atoms with E-state index in [1.807, 2.05) is 42.7 Å². The maximum Gasteiger partial charge on any atom is 0.160 e. The summed E-state index contributed by atoms with van der Waals surface area (Å²) in [5.74, 6) is 1.56. The van der Waals surface area contributed by atoms with Crippen LogP contribution in [-0.2, 0) is 6.54 Å². The van der Waals surface area contributed by atoms with Crippen LogP contribution in [0.15, 0.2) is 29.3 Å². The summed E-state index contributed by atoms with van der Waals surface area (Å²) >= 11 is 7.57. The number of hydrogen-bond donors (Lipinski definition) is 0. The van der Waals surface area contributed by atoms with Crippen LogP contribution in [0, 0.1) is 13.8 Å². The molecule has 7 heteroatoms. The van der Waals surface area contributed by atoms with E-state index < -0.39 is 0 Å². The number of benzene rings is 1. The summed E-state index contributed by atoms with van der Waals surface area (Å²) in [6.45, 7) is 4.27. The lowest BCUT2D eigenvalue weighted by molar-refractivity contribution is 0.112. The monoisotopic (exact) mass is 356 g/mol. The zero-order valence-corrected chi connectivity index (χ0v) is 14.6. The summed E-state index contributed by atoms with van der Waals surface area (Å²) in [7, 11) is 0. The summed E-state index contributed by atoms with van der Waals surface area (Å²) in [6.07, 6.45) is 0.904. The normalized spacial score (nSPS) is 13.0. The van der Waals surface area contributed by atoms with Crippen LogP contribution >= 0.6 is 22.9 Å². The molecule has 1 aliphatic rings. The molecule has 0 unspecified atom stereocenters. The number of carbonyl (C=O) groups excluding carboxylic acids is 1. The van der Waals surface area contributed by atoms with Gasteiger partial charge in [-0.3, -0.25) is 14.4 Å². The van der Waals surface area contributed by atoms with E-state index in [-0.39, 0.29) is 0 Å². The quantitative estimate of drug-likeness (QED) is 0.657. The first kappa shape index (κ1) is 15.2. The van der Waals surface area contributed by atoms with E-state index in [2.05, 4.69) is 10.2 Å². The Morgan fingerprint density at radius 2 is 1.96 bits per heavy atom. The van der Waals surface area contributed by atoms with Crippen LogP contribution in [0.1, 0.15) is 38.0 Å². The highest BCUT2D eigenvalue weighted by atomic mass is 35.5. The molecule has 0 amide bonds. The third-order valence-electron chi connectivity index (χ3n) is 4.06. The van der Waals surface area contributed by atoms with Gasteiger partial charge in [0.05, 0.1) is 5.71 Å². The number of halogens is 1. The Hall–Kier alpha value is -2.31.